The molecule has 0 fully saturated rings. The molecule has 1 atom stereocenters. The maximum absolute atomic E-state index is 12.3. The van der Waals surface area contributed by atoms with Gasteiger partial charge in [0.05, 0.1) is 12.3 Å². The Morgan fingerprint density at radius 2 is 1.50 bits per heavy atom. The van der Waals surface area contributed by atoms with E-state index in [-0.39, 0.29) is 12.3 Å². The van der Waals surface area contributed by atoms with Crippen LogP contribution in [0.3, 0.4) is 0 Å². The molecule has 0 unspecified atom stereocenters. The van der Waals surface area contributed by atoms with Crippen LogP contribution in [0.25, 0.3) is 0 Å². The fraction of sp³-hybridized carbons (Fsp3) is 0.125. The third-order valence-corrected chi connectivity index (χ3v) is 2.94. The first kappa shape index (κ1) is 13.8. The third kappa shape index (κ3) is 3.68. The SMILES string of the molecule is O=C(O)C[C@@H](C(=O)Nc1ccccc1)c1ccccc1. The normalized spacial score (nSPS) is 11.6. The van der Waals surface area contributed by atoms with Crippen molar-refractivity contribution in [3.8, 4) is 0 Å². The third-order valence-electron chi connectivity index (χ3n) is 2.94. The van der Waals surface area contributed by atoms with Gasteiger partial charge in [-0.15, -0.1) is 0 Å². The highest BCUT2D eigenvalue weighted by Gasteiger charge is 2.23. The second-order valence-corrected chi connectivity index (χ2v) is 4.42. The van der Waals surface area contributed by atoms with Crippen molar-refractivity contribution in [2.75, 3.05) is 5.32 Å². The molecule has 0 aliphatic rings. The molecule has 2 aromatic carbocycles. The van der Waals surface area contributed by atoms with Crippen molar-refractivity contribution in [2.45, 2.75) is 12.3 Å². The Labute approximate surface area is 117 Å². The summed E-state index contributed by atoms with van der Waals surface area (Å²) in [4.78, 5) is 23.2. The van der Waals surface area contributed by atoms with Crippen LogP contribution in [0.2, 0.25) is 0 Å². The lowest BCUT2D eigenvalue weighted by atomic mass is 9.95. The zero-order chi connectivity index (χ0) is 14.4. The van der Waals surface area contributed by atoms with Gasteiger partial charge in [0.15, 0.2) is 0 Å². The van der Waals surface area contributed by atoms with E-state index >= 15 is 0 Å². The summed E-state index contributed by atoms with van der Waals surface area (Å²) in [5.41, 5.74) is 1.35. The summed E-state index contributed by atoms with van der Waals surface area (Å²) in [5.74, 6) is -2.01. The fourth-order valence-electron chi connectivity index (χ4n) is 1.97. The number of carbonyl (C=O) groups is 2. The van der Waals surface area contributed by atoms with E-state index in [2.05, 4.69) is 5.32 Å². The fourth-order valence-corrected chi connectivity index (χ4v) is 1.97. The summed E-state index contributed by atoms with van der Waals surface area (Å²) in [6.07, 6.45) is -0.233. The number of carboxylic acid groups (broad SMARTS) is 1. The summed E-state index contributed by atoms with van der Waals surface area (Å²) >= 11 is 0. The molecular weight excluding hydrogens is 254 g/mol. The average molecular weight is 269 g/mol. The molecule has 0 radical (unpaired) electrons. The molecular formula is C16H15NO3. The number of anilines is 1. The Morgan fingerprint density at radius 1 is 0.950 bits per heavy atom. The lowest BCUT2D eigenvalue weighted by molar-refractivity contribution is -0.139. The van der Waals surface area contributed by atoms with Crippen LogP contribution >= 0.6 is 0 Å². The highest BCUT2D eigenvalue weighted by Crippen LogP contribution is 2.21. The number of hydrogen-bond acceptors (Lipinski definition) is 2. The number of amides is 1. The molecule has 20 heavy (non-hydrogen) atoms. The van der Waals surface area contributed by atoms with Gasteiger partial charge in [0.25, 0.3) is 0 Å². The van der Waals surface area contributed by atoms with Crippen molar-refractivity contribution in [1.29, 1.82) is 0 Å². The van der Waals surface area contributed by atoms with E-state index in [1.807, 2.05) is 24.3 Å². The van der Waals surface area contributed by atoms with Crippen LogP contribution in [0.5, 0.6) is 0 Å². The molecule has 0 aromatic heterocycles. The Balaban J connectivity index is 2.18. The van der Waals surface area contributed by atoms with Crippen molar-refractivity contribution < 1.29 is 14.7 Å². The topological polar surface area (TPSA) is 66.4 Å². The van der Waals surface area contributed by atoms with E-state index < -0.39 is 11.9 Å². The number of rotatable bonds is 5. The van der Waals surface area contributed by atoms with E-state index in [9.17, 15) is 9.59 Å². The second kappa shape index (κ2) is 6.52. The molecule has 2 N–H and O–H groups in total. The van der Waals surface area contributed by atoms with Gasteiger partial charge in [-0.1, -0.05) is 48.5 Å². The summed E-state index contributed by atoms with van der Waals surface area (Å²) in [7, 11) is 0. The van der Waals surface area contributed by atoms with Crippen LogP contribution in [-0.2, 0) is 9.59 Å². The first-order chi connectivity index (χ1) is 9.66. The number of benzene rings is 2. The van der Waals surface area contributed by atoms with Gasteiger partial charge >= 0.3 is 5.97 Å². The quantitative estimate of drug-likeness (QED) is 0.877. The Hall–Kier alpha value is -2.62. The minimum atomic E-state index is -0.998. The van der Waals surface area contributed by atoms with Crippen LogP contribution in [0.1, 0.15) is 17.9 Å². The zero-order valence-corrected chi connectivity index (χ0v) is 10.8. The van der Waals surface area contributed by atoms with Crippen molar-refractivity contribution in [3.63, 3.8) is 0 Å². The van der Waals surface area contributed by atoms with Crippen molar-refractivity contribution in [2.24, 2.45) is 0 Å². The van der Waals surface area contributed by atoms with Crippen LogP contribution in [0, 0.1) is 0 Å². The Bertz CT molecular complexity index is 581. The van der Waals surface area contributed by atoms with Crippen LogP contribution in [0.15, 0.2) is 60.7 Å². The van der Waals surface area contributed by atoms with Crippen molar-refractivity contribution in [3.05, 3.63) is 66.2 Å². The lowest BCUT2D eigenvalue weighted by Gasteiger charge is -2.15. The van der Waals surface area contributed by atoms with Gasteiger partial charge in [-0.05, 0) is 17.7 Å². The lowest BCUT2D eigenvalue weighted by Crippen LogP contribution is -2.23. The molecule has 2 rings (SSSR count). The number of para-hydroxylation sites is 1. The highest BCUT2D eigenvalue weighted by molar-refractivity contribution is 5.97. The monoisotopic (exact) mass is 269 g/mol. The van der Waals surface area contributed by atoms with Crippen LogP contribution < -0.4 is 5.32 Å². The predicted molar refractivity (Wildman–Crippen MR) is 76.5 cm³/mol. The molecule has 0 saturated heterocycles. The maximum atomic E-state index is 12.3. The average Bonchev–Trinajstić information content (AvgIpc) is 2.46. The maximum Gasteiger partial charge on any atom is 0.304 e. The second-order valence-electron chi connectivity index (χ2n) is 4.42. The number of aliphatic carboxylic acids is 1. The molecule has 1 amide bonds. The van der Waals surface area contributed by atoms with E-state index in [0.717, 1.165) is 0 Å². The zero-order valence-electron chi connectivity index (χ0n) is 10.8. The number of carboxylic acids is 1. The summed E-state index contributed by atoms with van der Waals surface area (Å²) < 4.78 is 0. The first-order valence-electron chi connectivity index (χ1n) is 6.29. The van der Waals surface area contributed by atoms with Gasteiger partial charge in [-0.3, -0.25) is 9.59 Å². The molecule has 0 heterocycles. The van der Waals surface area contributed by atoms with Gasteiger partial charge in [0.1, 0.15) is 0 Å². The number of carbonyl (C=O) groups excluding carboxylic acids is 1. The molecule has 0 bridgehead atoms. The molecule has 0 spiro atoms. The van der Waals surface area contributed by atoms with Crippen molar-refractivity contribution in [1.82, 2.24) is 0 Å². The van der Waals surface area contributed by atoms with E-state index in [1.165, 1.54) is 0 Å². The predicted octanol–water partition coefficient (Wildman–Crippen LogP) is 2.88. The Morgan fingerprint density at radius 3 is 2.05 bits per heavy atom. The minimum absolute atomic E-state index is 0.233. The summed E-state index contributed by atoms with van der Waals surface area (Å²) in [5, 5.41) is 11.7. The Kier molecular flexibility index (Phi) is 4.50. The standard InChI is InChI=1S/C16H15NO3/c18-15(19)11-14(12-7-3-1-4-8-12)16(20)17-13-9-5-2-6-10-13/h1-10,14H,11H2,(H,17,20)(H,18,19)/t14-/m1/s1. The largest absolute Gasteiger partial charge is 0.481 e. The van der Waals surface area contributed by atoms with E-state index in [0.29, 0.717) is 11.3 Å². The minimum Gasteiger partial charge on any atom is -0.481 e. The smallest absolute Gasteiger partial charge is 0.304 e. The number of hydrogen-bond donors (Lipinski definition) is 2. The molecule has 0 aliphatic heterocycles. The highest BCUT2D eigenvalue weighted by atomic mass is 16.4. The van der Waals surface area contributed by atoms with Crippen LogP contribution in [-0.4, -0.2) is 17.0 Å². The first-order valence-corrected chi connectivity index (χ1v) is 6.29. The molecule has 4 nitrogen and oxygen atoms in total. The van der Waals surface area contributed by atoms with E-state index in [4.69, 9.17) is 5.11 Å². The molecule has 102 valence electrons. The molecule has 4 heteroatoms. The van der Waals surface area contributed by atoms with Gasteiger partial charge in [-0.25, -0.2) is 0 Å². The van der Waals surface area contributed by atoms with E-state index in [1.54, 1.807) is 36.4 Å². The van der Waals surface area contributed by atoms with Gasteiger partial charge in [0.2, 0.25) is 5.91 Å². The van der Waals surface area contributed by atoms with Crippen molar-refractivity contribution >= 4 is 17.6 Å². The van der Waals surface area contributed by atoms with Crippen LogP contribution in [0.4, 0.5) is 5.69 Å². The summed E-state index contributed by atoms with van der Waals surface area (Å²) in [6, 6.07) is 17.9. The number of nitrogens with one attached hydrogen (secondary N) is 1. The molecule has 0 saturated carbocycles. The van der Waals surface area contributed by atoms with Gasteiger partial charge in [0, 0.05) is 5.69 Å². The summed E-state index contributed by atoms with van der Waals surface area (Å²) in [6.45, 7) is 0. The van der Waals surface area contributed by atoms with Gasteiger partial charge in [-0.2, -0.15) is 0 Å². The van der Waals surface area contributed by atoms with Gasteiger partial charge < -0.3 is 10.4 Å². The molecule has 0 aliphatic carbocycles. The molecule has 2 aromatic rings.